The molecule has 0 spiro atoms. The molecular formula is C19H24FN3O3S. The Morgan fingerprint density at radius 3 is 2.52 bits per heavy atom. The van der Waals surface area contributed by atoms with E-state index in [1.54, 1.807) is 7.11 Å². The Labute approximate surface area is 159 Å². The lowest BCUT2D eigenvalue weighted by molar-refractivity contribution is 0.410. The number of benzene rings is 2. The van der Waals surface area contributed by atoms with Crippen molar-refractivity contribution in [2.75, 3.05) is 26.0 Å². The van der Waals surface area contributed by atoms with E-state index in [9.17, 15) is 12.8 Å². The second kappa shape index (κ2) is 9.91. The highest BCUT2D eigenvalue weighted by Gasteiger charge is 2.18. The molecular weight excluding hydrogens is 369 g/mol. The average molecular weight is 393 g/mol. The van der Waals surface area contributed by atoms with Crippen LogP contribution in [0.4, 0.5) is 4.39 Å². The molecule has 0 saturated carbocycles. The highest BCUT2D eigenvalue weighted by Crippen LogP contribution is 2.18. The molecule has 0 bridgehead atoms. The minimum Gasteiger partial charge on any atom is -0.496 e. The summed E-state index contributed by atoms with van der Waals surface area (Å²) in [5.74, 6) is 0.230. The Balaban J connectivity index is 2.01. The summed E-state index contributed by atoms with van der Waals surface area (Å²) >= 11 is 0. The van der Waals surface area contributed by atoms with Crippen molar-refractivity contribution in [1.82, 2.24) is 10.6 Å². The van der Waals surface area contributed by atoms with Gasteiger partial charge in [-0.2, -0.15) is 0 Å². The molecule has 0 aliphatic heterocycles. The first-order valence-electron chi connectivity index (χ1n) is 8.59. The third-order valence-electron chi connectivity index (χ3n) is 3.78. The fourth-order valence-corrected chi connectivity index (χ4v) is 3.69. The number of hydrogen-bond acceptors (Lipinski definition) is 4. The average Bonchev–Trinajstić information content (AvgIpc) is 2.66. The molecule has 0 aliphatic carbocycles. The molecule has 0 saturated heterocycles. The highest BCUT2D eigenvalue weighted by atomic mass is 32.2. The second-order valence-electron chi connectivity index (χ2n) is 5.68. The van der Waals surface area contributed by atoms with Crippen LogP contribution in [0.25, 0.3) is 0 Å². The molecule has 0 amide bonds. The zero-order valence-electron chi connectivity index (χ0n) is 15.4. The number of ether oxygens (including phenoxy) is 1. The SMILES string of the molecule is CCNC(=NCc1ccccc1OC)NCCS(=O)(=O)c1ccccc1F. The van der Waals surface area contributed by atoms with Crippen LogP contribution >= 0.6 is 0 Å². The first-order valence-corrected chi connectivity index (χ1v) is 10.2. The number of guanidine groups is 1. The maximum Gasteiger partial charge on any atom is 0.191 e. The van der Waals surface area contributed by atoms with Gasteiger partial charge < -0.3 is 15.4 Å². The van der Waals surface area contributed by atoms with E-state index in [2.05, 4.69) is 15.6 Å². The first kappa shape index (κ1) is 20.7. The molecule has 0 heterocycles. The van der Waals surface area contributed by atoms with Crippen LogP contribution in [0.1, 0.15) is 12.5 Å². The van der Waals surface area contributed by atoms with Gasteiger partial charge in [0, 0.05) is 18.7 Å². The Kier molecular flexibility index (Phi) is 7.60. The fourth-order valence-electron chi connectivity index (χ4n) is 2.45. The lowest BCUT2D eigenvalue weighted by Gasteiger charge is -2.12. The smallest absolute Gasteiger partial charge is 0.191 e. The summed E-state index contributed by atoms with van der Waals surface area (Å²) in [6, 6.07) is 12.9. The molecule has 2 rings (SSSR count). The van der Waals surface area contributed by atoms with Gasteiger partial charge in [0.05, 0.1) is 19.4 Å². The minimum absolute atomic E-state index is 0.106. The Bertz CT molecular complexity index is 885. The normalized spacial score (nSPS) is 11.9. The van der Waals surface area contributed by atoms with Crippen LogP contribution in [-0.2, 0) is 16.4 Å². The van der Waals surface area contributed by atoms with Crippen LogP contribution in [0.15, 0.2) is 58.4 Å². The number of nitrogens with one attached hydrogen (secondary N) is 2. The maximum atomic E-state index is 13.7. The predicted octanol–water partition coefficient (Wildman–Crippen LogP) is 2.36. The number of halogens is 1. The number of nitrogens with zero attached hydrogens (tertiary/aromatic N) is 1. The van der Waals surface area contributed by atoms with Gasteiger partial charge in [-0.25, -0.2) is 17.8 Å². The van der Waals surface area contributed by atoms with Gasteiger partial charge in [-0.1, -0.05) is 30.3 Å². The maximum absolute atomic E-state index is 13.7. The van der Waals surface area contributed by atoms with E-state index in [4.69, 9.17) is 4.74 Å². The van der Waals surface area contributed by atoms with Gasteiger partial charge >= 0.3 is 0 Å². The molecule has 0 atom stereocenters. The summed E-state index contributed by atoms with van der Waals surface area (Å²) in [4.78, 5) is 4.16. The van der Waals surface area contributed by atoms with Gasteiger partial charge in [0.1, 0.15) is 16.5 Å². The van der Waals surface area contributed by atoms with Crippen molar-refractivity contribution in [3.05, 3.63) is 59.9 Å². The largest absolute Gasteiger partial charge is 0.496 e. The van der Waals surface area contributed by atoms with Gasteiger partial charge in [0.15, 0.2) is 15.8 Å². The molecule has 0 aliphatic rings. The van der Waals surface area contributed by atoms with Crippen LogP contribution in [0.2, 0.25) is 0 Å². The second-order valence-corrected chi connectivity index (χ2v) is 7.76. The molecule has 8 heteroatoms. The van der Waals surface area contributed by atoms with Crippen LogP contribution in [0.3, 0.4) is 0 Å². The van der Waals surface area contributed by atoms with Crippen LogP contribution < -0.4 is 15.4 Å². The van der Waals surface area contributed by atoms with Crippen LogP contribution in [-0.4, -0.2) is 40.3 Å². The topological polar surface area (TPSA) is 79.8 Å². The molecule has 0 unspecified atom stereocenters. The quantitative estimate of drug-likeness (QED) is 0.532. The van der Waals surface area contributed by atoms with Gasteiger partial charge in [0.2, 0.25) is 0 Å². The lowest BCUT2D eigenvalue weighted by Crippen LogP contribution is -2.39. The van der Waals surface area contributed by atoms with Crippen molar-refractivity contribution in [3.63, 3.8) is 0 Å². The molecule has 0 aromatic heterocycles. The summed E-state index contributed by atoms with van der Waals surface area (Å²) < 4.78 is 43.6. The molecule has 0 fully saturated rings. The van der Waals surface area contributed by atoms with E-state index in [0.717, 1.165) is 17.4 Å². The molecule has 27 heavy (non-hydrogen) atoms. The van der Waals surface area contributed by atoms with Gasteiger partial charge in [0.25, 0.3) is 0 Å². The molecule has 146 valence electrons. The Hall–Kier alpha value is -2.61. The molecule has 0 radical (unpaired) electrons. The number of methoxy groups -OCH3 is 1. The van der Waals surface area contributed by atoms with Crippen molar-refractivity contribution in [1.29, 1.82) is 0 Å². The third-order valence-corrected chi connectivity index (χ3v) is 5.52. The van der Waals surface area contributed by atoms with Crippen LogP contribution in [0.5, 0.6) is 5.75 Å². The summed E-state index contributed by atoms with van der Waals surface area (Å²) in [6.07, 6.45) is 0. The van der Waals surface area contributed by atoms with E-state index in [1.807, 2.05) is 31.2 Å². The number of sulfone groups is 1. The van der Waals surface area contributed by atoms with Crippen molar-refractivity contribution in [2.24, 2.45) is 4.99 Å². The number of aliphatic imine (C=N–C) groups is 1. The van der Waals surface area contributed by atoms with Crippen LogP contribution in [0, 0.1) is 5.82 Å². The first-order chi connectivity index (χ1) is 13.0. The number of hydrogen-bond donors (Lipinski definition) is 2. The van der Waals surface area contributed by atoms with Crippen molar-refractivity contribution < 1.29 is 17.5 Å². The predicted molar refractivity (Wildman–Crippen MR) is 104 cm³/mol. The molecule has 2 aromatic carbocycles. The van der Waals surface area contributed by atoms with E-state index < -0.39 is 15.7 Å². The number of para-hydroxylation sites is 1. The zero-order valence-corrected chi connectivity index (χ0v) is 16.2. The summed E-state index contributed by atoms with van der Waals surface area (Å²) in [7, 11) is -2.12. The molecule has 2 aromatic rings. The third kappa shape index (κ3) is 5.96. The molecule has 6 nitrogen and oxygen atoms in total. The molecule has 2 N–H and O–H groups in total. The minimum atomic E-state index is -3.72. The summed E-state index contributed by atoms with van der Waals surface area (Å²) in [5.41, 5.74) is 0.913. The Morgan fingerprint density at radius 1 is 1.11 bits per heavy atom. The van der Waals surface area contributed by atoms with E-state index in [-0.39, 0.29) is 17.2 Å². The fraction of sp³-hybridized carbons (Fsp3) is 0.316. The van der Waals surface area contributed by atoms with Crippen molar-refractivity contribution >= 4 is 15.8 Å². The Morgan fingerprint density at radius 2 is 1.81 bits per heavy atom. The summed E-state index contributed by atoms with van der Waals surface area (Å²) in [6.45, 7) is 3.02. The monoisotopic (exact) mass is 393 g/mol. The summed E-state index contributed by atoms with van der Waals surface area (Å²) in [5, 5.41) is 6.03. The highest BCUT2D eigenvalue weighted by molar-refractivity contribution is 7.91. The van der Waals surface area contributed by atoms with E-state index in [1.165, 1.54) is 18.2 Å². The van der Waals surface area contributed by atoms with Crippen molar-refractivity contribution in [3.8, 4) is 5.75 Å². The standard InChI is InChI=1S/C19H24FN3O3S/c1-3-21-19(23-14-15-8-4-6-10-17(15)26-2)22-12-13-27(24,25)18-11-7-5-9-16(18)20/h4-11H,3,12-14H2,1-2H3,(H2,21,22,23). The van der Waals surface area contributed by atoms with E-state index in [0.29, 0.717) is 19.0 Å². The van der Waals surface area contributed by atoms with Crippen molar-refractivity contribution in [2.45, 2.75) is 18.4 Å². The lowest BCUT2D eigenvalue weighted by atomic mass is 10.2. The van der Waals surface area contributed by atoms with Gasteiger partial charge in [-0.05, 0) is 25.1 Å². The number of rotatable bonds is 8. The van der Waals surface area contributed by atoms with Gasteiger partial charge in [-0.15, -0.1) is 0 Å². The zero-order chi connectivity index (χ0) is 19.7. The van der Waals surface area contributed by atoms with Gasteiger partial charge in [-0.3, -0.25) is 0 Å². The van der Waals surface area contributed by atoms with E-state index >= 15 is 0 Å².